The summed E-state index contributed by atoms with van der Waals surface area (Å²) in [5.41, 5.74) is 1.58. The van der Waals surface area contributed by atoms with Crippen molar-refractivity contribution in [3.8, 4) is 0 Å². The molecule has 1 fully saturated rings. The van der Waals surface area contributed by atoms with Crippen LogP contribution in [-0.2, 0) is 14.3 Å². The number of rotatable bonds is 4. The van der Waals surface area contributed by atoms with Crippen LogP contribution in [0.1, 0.15) is 5.56 Å². The Kier molecular flexibility index (Phi) is 5.17. The Morgan fingerprint density at radius 2 is 2.29 bits per heavy atom. The molecular weight excluding hydrogens is 296 g/mol. The standard InChI is InChI=1S/C14H17ClN2O4/c1-9-6-10(15)2-3-11(9)16-13(18)8-17-4-5-21-12(7-17)14(19)20/h2-3,6,12H,4-5,7-8H2,1H3,(H,16,18)(H,19,20). The zero-order chi connectivity index (χ0) is 15.4. The first-order chi connectivity index (χ1) is 9.95. The number of carbonyl (C=O) groups is 2. The van der Waals surface area contributed by atoms with Crippen LogP contribution in [0.3, 0.4) is 0 Å². The molecule has 2 N–H and O–H groups in total. The number of anilines is 1. The van der Waals surface area contributed by atoms with E-state index >= 15 is 0 Å². The van der Waals surface area contributed by atoms with Crippen LogP contribution >= 0.6 is 11.6 Å². The summed E-state index contributed by atoms with van der Waals surface area (Å²) in [5.74, 6) is -1.19. The van der Waals surface area contributed by atoms with E-state index in [-0.39, 0.29) is 19.0 Å². The number of nitrogens with zero attached hydrogens (tertiary/aromatic N) is 1. The van der Waals surface area contributed by atoms with E-state index in [4.69, 9.17) is 21.4 Å². The molecular formula is C14H17ClN2O4. The van der Waals surface area contributed by atoms with Crippen molar-refractivity contribution >= 4 is 29.2 Å². The zero-order valence-corrected chi connectivity index (χ0v) is 12.4. The summed E-state index contributed by atoms with van der Waals surface area (Å²) >= 11 is 5.86. The molecule has 0 saturated carbocycles. The van der Waals surface area contributed by atoms with Crippen LogP contribution in [0.5, 0.6) is 0 Å². The van der Waals surface area contributed by atoms with Gasteiger partial charge in [0.2, 0.25) is 5.91 Å². The van der Waals surface area contributed by atoms with Crippen molar-refractivity contribution in [1.29, 1.82) is 0 Å². The second kappa shape index (κ2) is 6.89. The van der Waals surface area contributed by atoms with E-state index in [0.717, 1.165) is 5.56 Å². The van der Waals surface area contributed by atoms with Crippen molar-refractivity contribution in [1.82, 2.24) is 4.90 Å². The fourth-order valence-electron chi connectivity index (χ4n) is 2.16. The molecule has 1 amide bonds. The first-order valence-corrected chi connectivity index (χ1v) is 6.96. The maximum absolute atomic E-state index is 12.0. The van der Waals surface area contributed by atoms with E-state index in [2.05, 4.69) is 5.32 Å². The van der Waals surface area contributed by atoms with Crippen LogP contribution in [0.4, 0.5) is 5.69 Å². The highest BCUT2D eigenvalue weighted by Gasteiger charge is 2.27. The third-order valence-corrected chi connectivity index (χ3v) is 3.49. The van der Waals surface area contributed by atoms with Crippen LogP contribution in [0.25, 0.3) is 0 Å². The van der Waals surface area contributed by atoms with Gasteiger partial charge in [0.25, 0.3) is 0 Å². The van der Waals surface area contributed by atoms with Crippen LogP contribution in [0, 0.1) is 6.92 Å². The fraction of sp³-hybridized carbons (Fsp3) is 0.429. The number of aryl methyl sites for hydroxylation is 1. The van der Waals surface area contributed by atoms with Gasteiger partial charge >= 0.3 is 5.97 Å². The van der Waals surface area contributed by atoms with Crippen molar-refractivity contribution in [3.05, 3.63) is 28.8 Å². The Bertz CT molecular complexity index is 550. The molecule has 0 bridgehead atoms. The molecule has 6 nitrogen and oxygen atoms in total. The van der Waals surface area contributed by atoms with Crippen molar-refractivity contribution in [3.63, 3.8) is 0 Å². The van der Waals surface area contributed by atoms with Gasteiger partial charge in [0.1, 0.15) is 0 Å². The molecule has 1 aromatic rings. The lowest BCUT2D eigenvalue weighted by atomic mass is 10.2. The smallest absolute Gasteiger partial charge is 0.334 e. The third-order valence-electron chi connectivity index (χ3n) is 3.26. The lowest BCUT2D eigenvalue weighted by Gasteiger charge is -2.30. The van der Waals surface area contributed by atoms with Crippen molar-refractivity contribution in [2.24, 2.45) is 0 Å². The van der Waals surface area contributed by atoms with Crippen molar-refractivity contribution in [2.45, 2.75) is 13.0 Å². The number of halogens is 1. The molecule has 7 heteroatoms. The van der Waals surface area contributed by atoms with Crippen molar-refractivity contribution in [2.75, 3.05) is 31.6 Å². The molecule has 0 spiro atoms. The lowest BCUT2D eigenvalue weighted by molar-refractivity contribution is -0.156. The maximum Gasteiger partial charge on any atom is 0.334 e. The van der Waals surface area contributed by atoms with Gasteiger partial charge in [0, 0.05) is 23.8 Å². The Balaban J connectivity index is 1.91. The number of morpholine rings is 1. The number of aliphatic carboxylic acids is 1. The van der Waals surface area contributed by atoms with E-state index in [1.165, 1.54) is 0 Å². The Morgan fingerprint density at radius 1 is 1.52 bits per heavy atom. The molecule has 1 aliphatic heterocycles. The van der Waals surface area contributed by atoms with Gasteiger partial charge in [-0.2, -0.15) is 0 Å². The molecule has 1 aliphatic rings. The summed E-state index contributed by atoms with van der Waals surface area (Å²) in [6.45, 7) is 3.05. The molecule has 1 heterocycles. The highest BCUT2D eigenvalue weighted by Crippen LogP contribution is 2.19. The Labute approximate surface area is 127 Å². The number of ether oxygens (including phenoxy) is 1. The summed E-state index contributed by atoms with van der Waals surface area (Å²) in [6, 6.07) is 5.22. The van der Waals surface area contributed by atoms with E-state index in [0.29, 0.717) is 23.9 Å². The monoisotopic (exact) mass is 312 g/mol. The summed E-state index contributed by atoms with van der Waals surface area (Å²) in [5, 5.41) is 12.3. The van der Waals surface area contributed by atoms with Gasteiger partial charge in [0.05, 0.1) is 13.2 Å². The van der Waals surface area contributed by atoms with Crippen LogP contribution < -0.4 is 5.32 Å². The van der Waals surface area contributed by atoms with Crippen LogP contribution in [0.2, 0.25) is 5.02 Å². The van der Waals surface area contributed by atoms with Gasteiger partial charge in [-0.3, -0.25) is 9.69 Å². The number of hydrogen-bond acceptors (Lipinski definition) is 4. The summed E-state index contributed by atoms with van der Waals surface area (Å²) < 4.78 is 5.11. The van der Waals surface area contributed by atoms with E-state index in [1.54, 1.807) is 23.1 Å². The summed E-state index contributed by atoms with van der Waals surface area (Å²) in [4.78, 5) is 24.7. The average Bonchev–Trinajstić information content (AvgIpc) is 2.42. The second-order valence-corrected chi connectivity index (χ2v) is 5.38. The predicted octanol–water partition coefficient (Wildman–Crippen LogP) is 1.37. The normalized spacial score (nSPS) is 19.2. The predicted molar refractivity (Wildman–Crippen MR) is 78.6 cm³/mol. The van der Waals surface area contributed by atoms with Gasteiger partial charge in [-0.1, -0.05) is 11.6 Å². The molecule has 114 valence electrons. The summed E-state index contributed by atoms with van der Waals surface area (Å²) in [7, 11) is 0. The number of amides is 1. The quantitative estimate of drug-likeness (QED) is 0.878. The minimum absolute atomic E-state index is 0.134. The maximum atomic E-state index is 12.0. The van der Waals surface area contributed by atoms with Crippen LogP contribution in [-0.4, -0.2) is 54.2 Å². The molecule has 0 aliphatic carbocycles. The number of carboxylic acids is 1. The molecule has 1 saturated heterocycles. The Hall–Kier alpha value is -1.63. The number of hydrogen-bond donors (Lipinski definition) is 2. The molecule has 0 aromatic heterocycles. The number of carbonyl (C=O) groups excluding carboxylic acids is 1. The SMILES string of the molecule is Cc1cc(Cl)ccc1NC(=O)CN1CCOC(C(=O)O)C1. The van der Waals surface area contributed by atoms with Gasteiger partial charge in [0.15, 0.2) is 6.10 Å². The lowest BCUT2D eigenvalue weighted by Crippen LogP contribution is -2.48. The fourth-order valence-corrected chi connectivity index (χ4v) is 2.38. The molecule has 0 radical (unpaired) electrons. The highest BCUT2D eigenvalue weighted by atomic mass is 35.5. The zero-order valence-electron chi connectivity index (χ0n) is 11.6. The molecule has 21 heavy (non-hydrogen) atoms. The molecule has 1 aromatic carbocycles. The van der Waals surface area contributed by atoms with E-state index in [9.17, 15) is 9.59 Å². The Morgan fingerprint density at radius 3 is 2.95 bits per heavy atom. The minimum Gasteiger partial charge on any atom is -0.479 e. The van der Waals surface area contributed by atoms with Gasteiger partial charge in [-0.05, 0) is 30.7 Å². The topological polar surface area (TPSA) is 78.9 Å². The molecule has 1 atom stereocenters. The average molecular weight is 313 g/mol. The largest absolute Gasteiger partial charge is 0.479 e. The van der Waals surface area contributed by atoms with E-state index in [1.807, 2.05) is 6.92 Å². The number of benzene rings is 1. The number of carboxylic acid groups (broad SMARTS) is 1. The highest BCUT2D eigenvalue weighted by molar-refractivity contribution is 6.30. The van der Waals surface area contributed by atoms with Gasteiger partial charge < -0.3 is 15.2 Å². The third kappa shape index (κ3) is 4.42. The van der Waals surface area contributed by atoms with Gasteiger partial charge in [-0.15, -0.1) is 0 Å². The second-order valence-electron chi connectivity index (χ2n) is 4.94. The molecule has 1 unspecified atom stereocenters. The van der Waals surface area contributed by atoms with Crippen LogP contribution in [0.15, 0.2) is 18.2 Å². The summed E-state index contributed by atoms with van der Waals surface area (Å²) in [6.07, 6.45) is -0.871. The minimum atomic E-state index is -1.01. The first-order valence-electron chi connectivity index (χ1n) is 6.58. The molecule has 2 rings (SSSR count). The number of nitrogens with one attached hydrogen (secondary N) is 1. The van der Waals surface area contributed by atoms with Crippen molar-refractivity contribution < 1.29 is 19.4 Å². The van der Waals surface area contributed by atoms with E-state index < -0.39 is 12.1 Å². The van der Waals surface area contributed by atoms with Gasteiger partial charge in [-0.25, -0.2) is 4.79 Å². The first kappa shape index (κ1) is 15.8.